The molecule has 0 unspecified atom stereocenters. The van der Waals surface area contributed by atoms with Crippen LogP contribution in [0.2, 0.25) is 0 Å². The van der Waals surface area contributed by atoms with Crippen LogP contribution in [0.25, 0.3) is 0 Å². The van der Waals surface area contributed by atoms with Gasteiger partial charge < -0.3 is 0 Å². The average Bonchev–Trinajstić information content (AvgIpc) is 2.91. The summed E-state index contributed by atoms with van der Waals surface area (Å²) in [5, 5.41) is 1.49. The van der Waals surface area contributed by atoms with E-state index in [-0.39, 0.29) is 5.91 Å². The van der Waals surface area contributed by atoms with Gasteiger partial charge in [0.05, 0.1) is 13.2 Å². The quantitative estimate of drug-likeness (QED) is 0.742. The molecule has 0 atom stereocenters. The Hall–Kier alpha value is -1.35. The molecule has 0 radical (unpaired) electrons. The van der Waals surface area contributed by atoms with Crippen molar-refractivity contribution in [3.8, 4) is 0 Å². The summed E-state index contributed by atoms with van der Waals surface area (Å²) < 4.78 is 0. The molecule has 3 heteroatoms. The number of fused-ring (bicyclic) bond motifs is 1. The molecule has 0 N–H and O–H groups in total. The number of amides is 1. The molecule has 0 bridgehead atoms. The normalized spacial score (nSPS) is 19.2. The van der Waals surface area contributed by atoms with E-state index in [1.54, 1.807) is 0 Å². The van der Waals surface area contributed by atoms with Crippen molar-refractivity contribution < 1.29 is 9.63 Å². The van der Waals surface area contributed by atoms with Crippen molar-refractivity contribution >= 4 is 5.91 Å². The van der Waals surface area contributed by atoms with Crippen LogP contribution < -0.4 is 0 Å². The summed E-state index contributed by atoms with van der Waals surface area (Å²) in [7, 11) is 0. The van der Waals surface area contributed by atoms with E-state index >= 15 is 0 Å². The Morgan fingerprint density at radius 2 is 1.94 bits per heavy atom. The molecule has 0 spiro atoms. The average molecular weight is 231 g/mol. The van der Waals surface area contributed by atoms with Crippen molar-refractivity contribution in [2.45, 2.75) is 32.1 Å². The van der Waals surface area contributed by atoms with Crippen LogP contribution in [0.3, 0.4) is 0 Å². The standard InChI is InChI=1S/C14H17NO2/c16-14(15-8-3-9-17-15)13-7-6-11-4-1-2-5-12(11)10-13/h6-7,10H,1-5,8-9H2. The van der Waals surface area contributed by atoms with E-state index in [2.05, 4.69) is 12.1 Å². The van der Waals surface area contributed by atoms with Crippen molar-refractivity contribution in [1.82, 2.24) is 5.06 Å². The fraction of sp³-hybridized carbons (Fsp3) is 0.500. The summed E-state index contributed by atoms with van der Waals surface area (Å²) in [6.07, 6.45) is 5.72. The lowest BCUT2D eigenvalue weighted by molar-refractivity contribution is -0.0768. The molecule has 1 amide bonds. The van der Waals surface area contributed by atoms with Crippen molar-refractivity contribution in [3.05, 3.63) is 34.9 Å². The molecule has 90 valence electrons. The van der Waals surface area contributed by atoms with Crippen LogP contribution in [-0.4, -0.2) is 24.1 Å². The fourth-order valence-corrected chi connectivity index (χ4v) is 2.62. The van der Waals surface area contributed by atoms with Gasteiger partial charge in [0.1, 0.15) is 0 Å². The Kier molecular flexibility index (Phi) is 2.85. The first-order valence-electron chi connectivity index (χ1n) is 6.41. The van der Waals surface area contributed by atoms with Crippen molar-refractivity contribution in [3.63, 3.8) is 0 Å². The van der Waals surface area contributed by atoms with Crippen LogP contribution in [0.15, 0.2) is 18.2 Å². The lowest BCUT2D eigenvalue weighted by Gasteiger charge is -2.18. The molecule has 0 saturated carbocycles. The molecule has 1 heterocycles. The smallest absolute Gasteiger partial charge is 0.271 e. The van der Waals surface area contributed by atoms with E-state index in [1.165, 1.54) is 29.0 Å². The zero-order valence-corrected chi connectivity index (χ0v) is 9.95. The summed E-state index contributed by atoms with van der Waals surface area (Å²) >= 11 is 0. The maximum Gasteiger partial charge on any atom is 0.277 e. The van der Waals surface area contributed by atoms with E-state index in [1.807, 2.05) is 6.07 Å². The highest BCUT2D eigenvalue weighted by Gasteiger charge is 2.21. The molecule has 2 aliphatic rings. The number of hydrogen-bond acceptors (Lipinski definition) is 2. The van der Waals surface area contributed by atoms with Crippen molar-refractivity contribution in [2.24, 2.45) is 0 Å². The number of rotatable bonds is 1. The molecular formula is C14H17NO2. The van der Waals surface area contributed by atoms with Crippen molar-refractivity contribution in [2.75, 3.05) is 13.2 Å². The maximum absolute atomic E-state index is 12.1. The fourth-order valence-electron chi connectivity index (χ4n) is 2.62. The zero-order chi connectivity index (χ0) is 11.7. The summed E-state index contributed by atoms with van der Waals surface area (Å²) in [4.78, 5) is 17.4. The van der Waals surface area contributed by atoms with Gasteiger partial charge >= 0.3 is 0 Å². The van der Waals surface area contributed by atoms with Crippen LogP contribution in [0.5, 0.6) is 0 Å². The number of carbonyl (C=O) groups excluding carboxylic acids is 1. The molecule has 1 aromatic rings. The Morgan fingerprint density at radius 1 is 1.12 bits per heavy atom. The largest absolute Gasteiger partial charge is 0.277 e. The Balaban J connectivity index is 1.85. The second-order valence-corrected chi connectivity index (χ2v) is 4.78. The van der Waals surface area contributed by atoms with E-state index in [0.29, 0.717) is 6.61 Å². The van der Waals surface area contributed by atoms with E-state index in [4.69, 9.17) is 4.84 Å². The first-order valence-corrected chi connectivity index (χ1v) is 6.41. The molecule has 3 nitrogen and oxygen atoms in total. The number of benzene rings is 1. The van der Waals surface area contributed by atoms with Crippen LogP contribution in [0, 0.1) is 0 Å². The van der Waals surface area contributed by atoms with Gasteiger partial charge in [0.25, 0.3) is 5.91 Å². The molecule has 17 heavy (non-hydrogen) atoms. The number of carbonyl (C=O) groups is 1. The van der Waals surface area contributed by atoms with Gasteiger partial charge in [-0.3, -0.25) is 9.63 Å². The molecule has 1 aliphatic heterocycles. The first kappa shape index (κ1) is 10.8. The first-order chi connectivity index (χ1) is 8.34. The molecule has 1 fully saturated rings. The van der Waals surface area contributed by atoms with Crippen LogP contribution >= 0.6 is 0 Å². The third-order valence-electron chi connectivity index (χ3n) is 3.57. The molecule has 1 aromatic carbocycles. The highest BCUT2D eigenvalue weighted by atomic mass is 16.7. The highest BCUT2D eigenvalue weighted by molar-refractivity contribution is 5.93. The van der Waals surface area contributed by atoms with E-state index in [9.17, 15) is 4.79 Å². The number of hydroxylamine groups is 2. The lowest BCUT2D eigenvalue weighted by Crippen LogP contribution is -2.26. The van der Waals surface area contributed by atoms with E-state index in [0.717, 1.165) is 31.4 Å². The maximum atomic E-state index is 12.1. The predicted octanol–water partition coefficient (Wildman–Crippen LogP) is 2.34. The lowest BCUT2D eigenvalue weighted by atomic mass is 9.90. The number of hydrogen-bond donors (Lipinski definition) is 0. The SMILES string of the molecule is O=C(c1ccc2c(c1)CCCC2)N1CCCO1. The molecular weight excluding hydrogens is 214 g/mol. The van der Waals surface area contributed by atoms with Gasteiger partial charge in [0.2, 0.25) is 0 Å². The minimum atomic E-state index is 0.0101. The predicted molar refractivity (Wildman–Crippen MR) is 64.7 cm³/mol. The monoisotopic (exact) mass is 231 g/mol. The van der Waals surface area contributed by atoms with Gasteiger partial charge in [-0.25, -0.2) is 5.06 Å². The Morgan fingerprint density at radius 3 is 2.71 bits per heavy atom. The van der Waals surface area contributed by atoms with Crippen molar-refractivity contribution in [1.29, 1.82) is 0 Å². The van der Waals surface area contributed by atoms with Gasteiger partial charge in [-0.1, -0.05) is 6.07 Å². The third kappa shape index (κ3) is 2.07. The molecule has 0 aromatic heterocycles. The number of aryl methyl sites for hydroxylation is 2. The van der Waals surface area contributed by atoms with Crippen LogP contribution in [0.1, 0.15) is 40.7 Å². The second-order valence-electron chi connectivity index (χ2n) is 4.78. The van der Waals surface area contributed by atoms with Crippen LogP contribution in [-0.2, 0) is 17.7 Å². The Bertz CT molecular complexity index is 436. The number of nitrogens with zero attached hydrogens (tertiary/aromatic N) is 1. The summed E-state index contributed by atoms with van der Waals surface area (Å²) in [6, 6.07) is 6.10. The van der Waals surface area contributed by atoms with Gasteiger partial charge in [0, 0.05) is 5.56 Å². The Labute approximate surface area is 101 Å². The topological polar surface area (TPSA) is 29.5 Å². The van der Waals surface area contributed by atoms with Gasteiger partial charge in [0.15, 0.2) is 0 Å². The van der Waals surface area contributed by atoms with Gasteiger partial charge in [-0.05, 0) is 55.4 Å². The minimum absolute atomic E-state index is 0.0101. The van der Waals surface area contributed by atoms with Gasteiger partial charge in [-0.15, -0.1) is 0 Å². The highest BCUT2D eigenvalue weighted by Crippen LogP contribution is 2.23. The molecule has 1 saturated heterocycles. The second kappa shape index (κ2) is 4.49. The molecule has 1 aliphatic carbocycles. The summed E-state index contributed by atoms with van der Waals surface area (Å²) in [5.74, 6) is 0.0101. The summed E-state index contributed by atoms with van der Waals surface area (Å²) in [6.45, 7) is 1.38. The zero-order valence-electron chi connectivity index (χ0n) is 9.95. The van der Waals surface area contributed by atoms with Crippen LogP contribution in [0.4, 0.5) is 0 Å². The molecule has 3 rings (SSSR count). The van der Waals surface area contributed by atoms with E-state index < -0.39 is 0 Å². The van der Waals surface area contributed by atoms with Gasteiger partial charge in [-0.2, -0.15) is 0 Å². The summed E-state index contributed by atoms with van der Waals surface area (Å²) in [5.41, 5.74) is 3.53. The minimum Gasteiger partial charge on any atom is -0.271 e. The third-order valence-corrected chi connectivity index (χ3v) is 3.57.